The first kappa shape index (κ1) is 41.4. The Kier molecular flexibility index (Phi) is 13.8. The third-order valence-corrected chi connectivity index (χ3v) is 7.71. The molecule has 56 heavy (non-hydrogen) atoms. The van der Waals surface area contributed by atoms with Crippen LogP contribution in [0.15, 0.2) is 107 Å². The van der Waals surface area contributed by atoms with E-state index in [1.807, 2.05) is 6.92 Å². The predicted octanol–water partition coefficient (Wildman–Crippen LogP) is 6.62. The summed E-state index contributed by atoms with van der Waals surface area (Å²) >= 11 is 0. The fraction of sp³-hybridized carbons (Fsp3) is 0.108. The van der Waals surface area contributed by atoms with Crippen LogP contribution in [0.4, 0.5) is 22.7 Å². The molecule has 4 N–H and O–H groups in total. The molecule has 286 valence electrons. The molecule has 0 fully saturated rings. The number of esters is 1. The molecule has 2 aromatic heterocycles. The minimum Gasteiger partial charge on any atom is -0.506 e. The largest absolute Gasteiger partial charge is 0.506 e. The number of carbonyl (C=O) groups is 1. The summed E-state index contributed by atoms with van der Waals surface area (Å²) in [5.41, 5.74) is 2.03. The number of hydrogen-bond acceptors (Lipinski definition) is 14. The van der Waals surface area contributed by atoms with E-state index in [1.165, 1.54) is 77.8 Å². The first-order valence-electron chi connectivity index (χ1n) is 16.4. The van der Waals surface area contributed by atoms with E-state index in [2.05, 4.69) is 20.2 Å². The number of hydrogen-bond donors (Lipinski definition) is 4. The average molecular weight is 801 g/mol. The van der Waals surface area contributed by atoms with Crippen molar-refractivity contribution in [2.45, 2.75) is 20.3 Å². The average Bonchev–Trinajstić information content (AvgIpc) is 3.69. The second kappa shape index (κ2) is 18.6. The molecule has 0 aliphatic heterocycles. The van der Waals surface area contributed by atoms with Gasteiger partial charge in [0, 0.05) is 54.1 Å². The maximum absolute atomic E-state index is 12.3. The Morgan fingerprint density at radius 3 is 1.55 bits per heavy atom. The number of non-ortho nitro benzene ring substituents is 2. The van der Waals surface area contributed by atoms with Crippen molar-refractivity contribution in [3.05, 3.63) is 140 Å². The molecule has 0 radical (unpaired) electrons. The van der Waals surface area contributed by atoms with Gasteiger partial charge in [-0.15, -0.1) is 0 Å². The number of nitro groups is 2. The molecule has 6 rings (SSSR count). The van der Waals surface area contributed by atoms with E-state index < -0.39 is 21.7 Å². The second-order valence-electron chi connectivity index (χ2n) is 11.2. The Balaban J connectivity index is 0.000000246. The minimum atomic E-state index is -0.776. The van der Waals surface area contributed by atoms with Crippen molar-refractivity contribution in [2.75, 3.05) is 6.61 Å². The zero-order chi connectivity index (χ0) is 39.6. The van der Waals surface area contributed by atoms with Crippen LogP contribution >= 0.6 is 0 Å². The molecule has 0 saturated carbocycles. The van der Waals surface area contributed by atoms with Crippen molar-refractivity contribution < 1.29 is 57.2 Å². The van der Waals surface area contributed by atoms with Gasteiger partial charge in [0.15, 0.2) is 5.69 Å². The minimum absolute atomic E-state index is 0. The number of aromatic hydroxyl groups is 4. The number of nitrogens with zero attached hydrogens (tertiary/aromatic N) is 8. The quantitative estimate of drug-likeness (QED) is 0.0467. The van der Waals surface area contributed by atoms with Crippen LogP contribution < -0.4 is 0 Å². The van der Waals surface area contributed by atoms with Gasteiger partial charge in [-0.3, -0.25) is 30.2 Å². The first-order valence-corrected chi connectivity index (χ1v) is 16.4. The molecule has 0 aliphatic rings. The maximum Gasteiger partial charge on any atom is 0.359 e. The van der Waals surface area contributed by atoms with E-state index >= 15 is 0 Å². The van der Waals surface area contributed by atoms with Crippen LogP contribution in [0.25, 0.3) is 11.4 Å². The second-order valence-corrected chi connectivity index (χ2v) is 11.2. The zero-order valence-electron chi connectivity index (χ0n) is 29.5. The number of benzene rings is 4. The first-order chi connectivity index (χ1) is 26.4. The van der Waals surface area contributed by atoms with E-state index in [1.54, 1.807) is 43.3 Å². The Morgan fingerprint density at radius 2 is 1.12 bits per heavy atom. The van der Waals surface area contributed by atoms with Crippen LogP contribution in [-0.2, 0) is 28.5 Å². The molecule has 0 aliphatic carbocycles. The van der Waals surface area contributed by atoms with Crippen molar-refractivity contribution in [1.82, 2.24) is 19.6 Å². The number of ether oxygens (including phenoxy) is 1. The number of aryl methyl sites for hydroxylation is 1. The van der Waals surface area contributed by atoms with Crippen LogP contribution in [0.3, 0.4) is 0 Å². The van der Waals surface area contributed by atoms with Crippen LogP contribution in [0.2, 0.25) is 0 Å². The van der Waals surface area contributed by atoms with E-state index in [9.17, 15) is 45.4 Å². The molecule has 6 aromatic rings. The Hall–Kier alpha value is -7.36. The summed E-state index contributed by atoms with van der Waals surface area (Å²) in [7, 11) is 0. The van der Waals surface area contributed by atoms with Crippen LogP contribution in [-0.4, -0.2) is 74.8 Å². The summed E-state index contributed by atoms with van der Waals surface area (Å²) in [4.78, 5) is 41.1. The monoisotopic (exact) mass is 800 g/mol. The van der Waals surface area contributed by atoms with Gasteiger partial charge in [-0.05, 0) is 61.9 Å². The van der Waals surface area contributed by atoms with Gasteiger partial charge in [0.1, 0.15) is 22.9 Å². The summed E-state index contributed by atoms with van der Waals surface area (Å²) in [6, 6.07) is 23.8. The molecule has 19 heteroatoms. The van der Waals surface area contributed by atoms with Gasteiger partial charge in [0.25, 0.3) is 11.4 Å². The van der Waals surface area contributed by atoms with Gasteiger partial charge in [0.2, 0.25) is 11.8 Å². The molecular weight excluding hydrogens is 768 g/mol. The molecule has 0 amide bonds. The summed E-state index contributed by atoms with van der Waals surface area (Å²) in [6.07, 6.45) is 3.18. The van der Waals surface area contributed by atoms with Crippen LogP contribution in [0, 0.1) is 20.2 Å². The van der Waals surface area contributed by atoms with E-state index in [4.69, 9.17) is 4.74 Å². The molecular formula is C37H32CrN8O10. The number of rotatable bonds is 11. The third-order valence-electron chi connectivity index (χ3n) is 7.71. The van der Waals surface area contributed by atoms with Gasteiger partial charge in [-0.2, -0.15) is 14.9 Å². The van der Waals surface area contributed by atoms with Crippen molar-refractivity contribution in [2.24, 2.45) is 9.98 Å². The molecule has 2 heterocycles. The SMILES string of the molecule is CCOC(=O)c1nn(-c2ccc([N+](=O)[O-])cc2)c(O)c1C=Nc1ccccc1O.CCc1nn(-c2ccc([N+](=O)[O-])cc2)c(O)c1C=Nc1ccccc1O.[Cr]. The smallest absolute Gasteiger partial charge is 0.359 e. The van der Waals surface area contributed by atoms with Gasteiger partial charge in [-0.1, -0.05) is 31.2 Å². The molecule has 0 unspecified atom stereocenters. The van der Waals surface area contributed by atoms with E-state index in [0.717, 1.165) is 4.68 Å². The fourth-order valence-electron chi connectivity index (χ4n) is 4.95. The third kappa shape index (κ3) is 9.41. The molecule has 0 saturated heterocycles. The van der Waals surface area contributed by atoms with Gasteiger partial charge >= 0.3 is 5.97 Å². The Morgan fingerprint density at radius 1 is 0.696 bits per heavy atom. The molecule has 0 spiro atoms. The van der Waals surface area contributed by atoms with Crippen molar-refractivity contribution in [1.29, 1.82) is 0 Å². The number of para-hydroxylation sites is 4. The van der Waals surface area contributed by atoms with Crippen molar-refractivity contribution in [3.63, 3.8) is 0 Å². The van der Waals surface area contributed by atoms with E-state index in [-0.39, 0.29) is 69.7 Å². The summed E-state index contributed by atoms with van der Waals surface area (Å²) in [5.74, 6) is -1.37. The van der Waals surface area contributed by atoms with Crippen molar-refractivity contribution in [3.8, 4) is 34.6 Å². The van der Waals surface area contributed by atoms with Gasteiger partial charge < -0.3 is 25.2 Å². The molecule has 0 atom stereocenters. The Labute approximate surface area is 328 Å². The summed E-state index contributed by atoms with van der Waals surface area (Å²) in [5, 5.41) is 70.8. The fourth-order valence-corrected chi connectivity index (χ4v) is 4.95. The van der Waals surface area contributed by atoms with E-state index in [0.29, 0.717) is 34.7 Å². The molecule has 4 aromatic carbocycles. The molecule has 0 bridgehead atoms. The summed E-state index contributed by atoms with van der Waals surface area (Å²) < 4.78 is 7.32. The van der Waals surface area contributed by atoms with Crippen LogP contribution in [0.5, 0.6) is 23.3 Å². The summed E-state index contributed by atoms with van der Waals surface area (Å²) in [6.45, 7) is 3.61. The number of aromatic nitrogens is 4. The molecule has 18 nitrogen and oxygen atoms in total. The van der Waals surface area contributed by atoms with Crippen molar-refractivity contribution >= 4 is 41.1 Å². The number of aliphatic imine (C=N–C) groups is 2. The number of phenols is 2. The normalized spacial score (nSPS) is 10.8. The maximum atomic E-state index is 12.3. The zero-order valence-corrected chi connectivity index (χ0v) is 30.8. The van der Waals surface area contributed by atoms with Gasteiger partial charge in [-0.25, -0.2) is 9.48 Å². The van der Waals surface area contributed by atoms with Gasteiger partial charge in [0.05, 0.1) is 44.6 Å². The number of nitro benzene ring substituents is 2. The number of phenolic OH excluding ortho intramolecular Hbond substituents is 2. The topological polar surface area (TPSA) is 254 Å². The van der Waals surface area contributed by atoms with Crippen LogP contribution in [0.1, 0.15) is 41.2 Å². The predicted molar refractivity (Wildman–Crippen MR) is 200 cm³/mol. The Bertz CT molecular complexity index is 2410. The standard InChI is InChI=1S/C19H16N4O6.C18H16N4O4.Cr/c1-2-29-19(26)17-14(11-20-15-5-3-4-6-16(15)24)18(25)22(21-17)12-7-9-13(10-8-12)23(27)28;1-2-15-14(11-19-16-5-3-4-6-17(16)23)18(24)21(20-15)12-7-9-13(10-8-12)22(25)26;/h3-11,24-25H,2H2,1H3;3-11,23-24H,2H2,1H3;. The number of carbonyl (C=O) groups excluding carboxylic acids is 1.